The first-order valence-electron chi connectivity index (χ1n) is 10.6. The molecule has 0 heterocycles. The van der Waals surface area contributed by atoms with Gasteiger partial charge in [0.1, 0.15) is 5.75 Å². The Morgan fingerprint density at radius 2 is 1.61 bits per heavy atom. The van der Waals surface area contributed by atoms with Crippen molar-refractivity contribution in [2.45, 2.75) is 26.4 Å². The Bertz CT molecular complexity index is 794. The summed E-state index contributed by atoms with van der Waals surface area (Å²) in [6.07, 6.45) is 1.72. The number of methoxy groups -OCH3 is 3. The van der Waals surface area contributed by atoms with Gasteiger partial charge in [-0.3, -0.25) is 4.99 Å². The third-order valence-electron chi connectivity index (χ3n) is 4.64. The number of guanidine groups is 1. The quantitative estimate of drug-likeness (QED) is 0.289. The monoisotopic (exact) mass is 429 g/mol. The molecule has 0 aliphatic heterocycles. The third kappa shape index (κ3) is 8.76. The summed E-state index contributed by atoms with van der Waals surface area (Å²) in [5, 5.41) is 6.66. The minimum atomic E-state index is 0.595. The van der Waals surface area contributed by atoms with E-state index in [9.17, 15) is 0 Å². The molecule has 31 heavy (non-hydrogen) atoms. The summed E-state index contributed by atoms with van der Waals surface area (Å²) >= 11 is 0. The van der Waals surface area contributed by atoms with Gasteiger partial charge in [0.25, 0.3) is 0 Å². The second-order valence-corrected chi connectivity index (χ2v) is 6.88. The number of benzene rings is 2. The molecule has 0 aliphatic rings. The summed E-state index contributed by atoms with van der Waals surface area (Å²) in [4.78, 5) is 4.63. The molecule has 7 heteroatoms. The van der Waals surface area contributed by atoms with Gasteiger partial charge in [0.15, 0.2) is 17.5 Å². The van der Waals surface area contributed by atoms with E-state index in [0.717, 1.165) is 54.7 Å². The Morgan fingerprint density at radius 3 is 2.29 bits per heavy atom. The molecule has 2 aromatic rings. The van der Waals surface area contributed by atoms with Crippen LogP contribution in [0.2, 0.25) is 0 Å². The first kappa shape index (κ1) is 24.3. The maximum Gasteiger partial charge on any atom is 0.191 e. The molecule has 0 aliphatic carbocycles. The molecule has 0 saturated heterocycles. The summed E-state index contributed by atoms with van der Waals surface area (Å²) in [5.74, 6) is 3.16. The minimum Gasteiger partial charge on any atom is -0.497 e. The Kier molecular flexibility index (Phi) is 11.1. The molecule has 0 atom stereocenters. The third-order valence-corrected chi connectivity index (χ3v) is 4.64. The van der Waals surface area contributed by atoms with E-state index in [1.165, 1.54) is 5.56 Å². The Balaban J connectivity index is 1.69. The molecule has 0 amide bonds. The van der Waals surface area contributed by atoms with Crippen LogP contribution in [0.5, 0.6) is 17.2 Å². The summed E-state index contributed by atoms with van der Waals surface area (Å²) in [5.41, 5.74) is 2.31. The number of aliphatic imine (C=N–C) groups is 1. The molecular formula is C24H35N3O4. The van der Waals surface area contributed by atoms with Gasteiger partial charge in [0.05, 0.1) is 27.9 Å². The topological polar surface area (TPSA) is 73.3 Å². The Labute approximate surface area is 185 Å². The summed E-state index contributed by atoms with van der Waals surface area (Å²) < 4.78 is 21.6. The van der Waals surface area contributed by atoms with Gasteiger partial charge in [-0.1, -0.05) is 18.2 Å². The van der Waals surface area contributed by atoms with E-state index in [-0.39, 0.29) is 0 Å². The van der Waals surface area contributed by atoms with Crippen LogP contribution in [-0.4, -0.2) is 53.5 Å². The fourth-order valence-electron chi connectivity index (χ4n) is 2.97. The standard InChI is InChI=1S/C24H35N3O4/c1-5-25-24(27-15-13-19-9-12-22(29-3)23(17-19)30-4)26-14-6-16-31-18-20-7-10-21(28-2)11-8-20/h7-12,17H,5-6,13-16,18H2,1-4H3,(H2,25,26,27). The zero-order chi connectivity index (χ0) is 22.3. The predicted molar refractivity (Wildman–Crippen MR) is 124 cm³/mol. The molecule has 2 rings (SSSR count). The van der Waals surface area contributed by atoms with Crippen molar-refractivity contribution in [3.63, 3.8) is 0 Å². The highest BCUT2D eigenvalue weighted by Crippen LogP contribution is 2.27. The van der Waals surface area contributed by atoms with Gasteiger partial charge in [-0.05, 0) is 55.2 Å². The second kappa shape index (κ2) is 14.1. The van der Waals surface area contributed by atoms with E-state index in [0.29, 0.717) is 19.8 Å². The molecule has 0 bridgehead atoms. The SMILES string of the molecule is CCNC(=NCCCOCc1ccc(OC)cc1)NCCc1ccc(OC)c(OC)c1. The molecular weight excluding hydrogens is 394 g/mol. The van der Waals surface area contributed by atoms with Gasteiger partial charge in [0.2, 0.25) is 0 Å². The number of hydrogen-bond donors (Lipinski definition) is 2. The van der Waals surface area contributed by atoms with Gasteiger partial charge in [-0.25, -0.2) is 0 Å². The van der Waals surface area contributed by atoms with Gasteiger partial charge >= 0.3 is 0 Å². The van der Waals surface area contributed by atoms with Crippen LogP contribution >= 0.6 is 0 Å². The lowest BCUT2D eigenvalue weighted by molar-refractivity contribution is 0.120. The molecule has 0 fully saturated rings. The molecule has 7 nitrogen and oxygen atoms in total. The van der Waals surface area contributed by atoms with Crippen molar-refractivity contribution in [3.8, 4) is 17.2 Å². The summed E-state index contributed by atoms with van der Waals surface area (Å²) in [6.45, 7) is 5.61. The average molecular weight is 430 g/mol. The van der Waals surface area contributed by atoms with Crippen LogP contribution in [0.4, 0.5) is 0 Å². The Hall–Kier alpha value is -2.93. The number of rotatable bonds is 13. The highest BCUT2D eigenvalue weighted by Gasteiger charge is 2.05. The van der Waals surface area contributed by atoms with Crippen molar-refractivity contribution in [2.75, 3.05) is 47.6 Å². The highest BCUT2D eigenvalue weighted by atomic mass is 16.5. The first-order chi connectivity index (χ1) is 15.2. The zero-order valence-electron chi connectivity index (χ0n) is 19.1. The number of ether oxygens (including phenoxy) is 4. The van der Waals surface area contributed by atoms with E-state index >= 15 is 0 Å². The Morgan fingerprint density at radius 1 is 0.871 bits per heavy atom. The minimum absolute atomic E-state index is 0.595. The average Bonchev–Trinajstić information content (AvgIpc) is 2.81. The van der Waals surface area contributed by atoms with Crippen molar-refractivity contribution in [1.29, 1.82) is 0 Å². The van der Waals surface area contributed by atoms with Crippen LogP contribution in [0.1, 0.15) is 24.5 Å². The van der Waals surface area contributed by atoms with Crippen LogP contribution in [-0.2, 0) is 17.8 Å². The normalized spacial score (nSPS) is 11.2. The zero-order valence-corrected chi connectivity index (χ0v) is 19.1. The molecule has 0 radical (unpaired) electrons. The fraction of sp³-hybridized carbons (Fsp3) is 0.458. The van der Waals surface area contributed by atoms with E-state index in [2.05, 4.69) is 22.5 Å². The lowest BCUT2D eigenvalue weighted by Crippen LogP contribution is -2.38. The maximum atomic E-state index is 5.74. The molecule has 170 valence electrons. The maximum absolute atomic E-state index is 5.74. The van der Waals surface area contributed by atoms with Crippen molar-refractivity contribution < 1.29 is 18.9 Å². The highest BCUT2D eigenvalue weighted by molar-refractivity contribution is 5.79. The first-order valence-corrected chi connectivity index (χ1v) is 10.6. The van der Waals surface area contributed by atoms with Gasteiger partial charge < -0.3 is 29.6 Å². The molecule has 2 N–H and O–H groups in total. The molecule has 0 unspecified atom stereocenters. The molecule has 0 saturated carbocycles. The lowest BCUT2D eigenvalue weighted by atomic mass is 10.1. The van der Waals surface area contributed by atoms with Crippen molar-refractivity contribution in [2.24, 2.45) is 4.99 Å². The van der Waals surface area contributed by atoms with E-state index in [1.54, 1.807) is 21.3 Å². The molecule has 2 aromatic carbocycles. The van der Waals surface area contributed by atoms with Crippen LogP contribution < -0.4 is 24.8 Å². The van der Waals surface area contributed by atoms with Crippen LogP contribution in [0, 0.1) is 0 Å². The van der Waals surface area contributed by atoms with Crippen LogP contribution in [0.15, 0.2) is 47.5 Å². The van der Waals surface area contributed by atoms with E-state index in [1.807, 2.05) is 42.5 Å². The van der Waals surface area contributed by atoms with Crippen LogP contribution in [0.3, 0.4) is 0 Å². The van der Waals surface area contributed by atoms with Crippen molar-refractivity contribution >= 4 is 5.96 Å². The lowest BCUT2D eigenvalue weighted by Gasteiger charge is -2.13. The fourth-order valence-corrected chi connectivity index (χ4v) is 2.97. The van der Waals surface area contributed by atoms with Crippen LogP contribution in [0.25, 0.3) is 0 Å². The largest absolute Gasteiger partial charge is 0.497 e. The number of hydrogen-bond acceptors (Lipinski definition) is 5. The summed E-state index contributed by atoms with van der Waals surface area (Å²) in [6, 6.07) is 13.9. The summed E-state index contributed by atoms with van der Waals surface area (Å²) in [7, 11) is 4.96. The van der Waals surface area contributed by atoms with Gasteiger partial charge in [-0.15, -0.1) is 0 Å². The molecule has 0 spiro atoms. The van der Waals surface area contributed by atoms with Crippen molar-refractivity contribution in [1.82, 2.24) is 10.6 Å². The number of nitrogens with zero attached hydrogens (tertiary/aromatic N) is 1. The van der Waals surface area contributed by atoms with Gasteiger partial charge in [0, 0.05) is 26.2 Å². The molecule has 0 aromatic heterocycles. The predicted octanol–water partition coefficient (Wildman–Crippen LogP) is 3.42. The van der Waals surface area contributed by atoms with Crippen molar-refractivity contribution in [3.05, 3.63) is 53.6 Å². The van der Waals surface area contributed by atoms with Gasteiger partial charge in [-0.2, -0.15) is 0 Å². The second-order valence-electron chi connectivity index (χ2n) is 6.88. The number of nitrogens with one attached hydrogen (secondary N) is 2. The smallest absolute Gasteiger partial charge is 0.191 e. The van der Waals surface area contributed by atoms with E-state index < -0.39 is 0 Å². The van der Waals surface area contributed by atoms with E-state index in [4.69, 9.17) is 18.9 Å².